The lowest BCUT2D eigenvalue weighted by atomic mass is 10.0. The van der Waals surface area contributed by atoms with Crippen LogP contribution in [0.5, 0.6) is 0 Å². The number of nitrogens with zero attached hydrogens (tertiary/aromatic N) is 1. The van der Waals surface area contributed by atoms with E-state index in [4.69, 9.17) is 5.11 Å². The summed E-state index contributed by atoms with van der Waals surface area (Å²) in [6.45, 7) is 6.75. The molecule has 114 valence electrons. The molecule has 0 radical (unpaired) electrons. The number of urea groups is 1. The fraction of sp³-hybridized carbons (Fsp3) is 0.714. The van der Waals surface area contributed by atoms with Gasteiger partial charge in [0.15, 0.2) is 0 Å². The summed E-state index contributed by atoms with van der Waals surface area (Å²) >= 11 is 1.55. The van der Waals surface area contributed by atoms with Crippen molar-refractivity contribution in [1.82, 2.24) is 15.6 Å². The minimum Gasteiger partial charge on any atom is -0.396 e. The topological polar surface area (TPSA) is 74.2 Å². The number of nitrogens with one attached hydrogen (secondary N) is 2. The van der Waals surface area contributed by atoms with Gasteiger partial charge in [0.05, 0.1) is 6.04 Å². The molecule has 0 aliphatic rings. The minimum atomic E-state index is -0.176. The van der Waals surface area contributed by atoms with Crippen LogP contribution in [0.25, 0.3) is 0 Å². The SMILES string of the molecule is CCCC(CCO)CNC(=O)NC(C)c1nc(C)cs1. The molecule has 0 aromatic carbocycles. The molecular formula is C14H25N3O2S. The monoisotopic (exact) mass is 299 g/mol. The lowest BCUT2D eigenvalue weighted by Gasteiger charge is -2.17. The molecule has 5 nitrogen and oxygen atoms in total. The van der Waals surface area contributed by atoms with Crippen LogP contribution in [0.3, 0.4) is 0 Å². The van der Waals surface area contributed by atoms with Gasteiger partial charge >= 0.3 is 6.03 Å². The Labute approximate surface area is 124 Å². The van der Waals surface area contributed by atoms with Gasteiger partial charge in [0.25, 0.3) is 0 Å². The molecule has 0 fully saturated rings. The maximum atomic E-state index is 11.8. The number of carbonyl (C=O) groups is 1. The third kappa shape index (κ3) is 5.88. The van der Waals surface area contributed by atoms with E-state index in [9.17, 15) is 4.79 Å². The summed E-state index contributed by atoms with van der Waals surface area (Å²) in [6, 6.07) is -0.263. The van der Waals surface area contributed by atoms with Crippen LogP contribution in [0.15, 0.2) is 5.38 Å². The number of aromatic nitrogens is 1. The molecule has 6 heteroatoms. The van der Waals surface area contributed by atoms with Gasteiger partial charge in [-0.1, -0.05) is 13.3 Å². The van der Waals surface area contributed by atoms with Crippen LogP contribution in [0.4, 0.5) is 4.79 Å². The molecule has 0 spiro atoms. The Morgan fingerprint density at radius 2 is 2.25 bits per heavy atom. The number of aliphatic hydroxyl groups is 1. The lowest BCUT2D eigenvalue weighted by Crippen LogP contribution is -2.39. The van der Waals surface area contributed by atoms with E-state index in [0.29, 0.717) is 12.5 Å². The summed E-state index contributed by atoms with van der Waals surface area (Å²) in [7, 11) is 0. The van der Waals surface area contributed by atoms with E-state index in [1.165, 1.54) is 0 Å². The third-order valence-corrected chi connectivity index (χ3v) is 4.29. The van der Waals surface area contributed by atoms with E-state index in [1.54, 1.807) is 11.3 Å². The zero-order valence-electron chi connectivity index (χ0n) is 12.5. The van der Waals surface area contributed by atoms with E-state index in [2.05, 4.69) is 22.5 Å². The molecule has 1 aromatic heterocycles. The highest BCUT2D eigenvalue weighted by Crippen LogP contribution is 2.17. The molecule has 2 unspecified atom stereocenters. The number of rotatable bonds is 8. The van der Waals surface area contributed by atoms with Crippen molar-refractivity contribution in [1.29, 1.82) is 0 Å². The summed E-state index contributed by atoms with van der Waals surface area (Å²) in [6.07, 6.45) is 2.81. The standard InChI is InChI=1S/C14H25N3O2S/c1-4-5-12(6-7-18)8-15-14(19)17-11(3)13-16-10(2)9-20-13/h9,11-12,18H,4-8H2,1-3H3,(H2,15,17,19). The van der Waals surface area contributed by atoms with Crippen LogP contribution in [0.1, 0.15) is 49.9 Å². The van der Waals surface area contributed by atoms with Crippen LogP contribution in [-0.4, -0.2) is 29.3 Å². The molecule has 2 atom stereocenters. The van der Waals surface area contributed by atoms with E-state index in [1.807, 2.05) is 19.2 Å². The summed E-state index contributed by atoms with van der Waals surface area (Å²) in [5, 5.41) is 17.6. The Morgan fingerprint density at radius 3 is 2.80 bits per heavy atom. The maximum absolute atomic E-state index is 11.8. The molecular weight excluding hydrogens is 274 g/mol. The summed E-state index contributed by atoms with van der Waals surface area (Å²) in [5.41, 5.74) is 0.977. The molecule has 1 aromatic rings. The number of aryl methyl sites for hydroxylation is 1. The predicted molar refractivity (Wildman–Crippen MR) is 81.9 cm³/mol. The Morgan fingerprint density at radius 1 is 1.50 bits per heavy atom. The lowest BCUT2D eigenvalue weighted by molar-refractivity contribution is 0.227. The van der Waals surface area contributed by atoms with Crippen molar-refractivity contribution in [3.05, 3.63) is 16.1 Å². The van der Waals surface area contributed by atoms with Crippen LogP contribution in [0.2, 0.25) is 0 Å². The average Bonchev–Trinajstić information content (AvgIpc) is 2.83. The minimum absolute atomic E-state index is 0.0869. The molecule has 0 aliphatic carbocycles. The number of hydrogen-bond donors (Lipinski definition) is 3. The number of thiazole rings is 1. The van der Waals surface area contributed by atoms with E-state index in [0.717, 1.165) is 30.0 Å². The van der Waals surface area contributed by atoms with E-state index in [-0.39, 0.29) is 18.7 Å². The van der Waals surface area contributed by atoms with Crippen molar-refractivity contribution in [2.24, 2.45) is 5.92 Å². The normalized spacial score (nSPS) is 13.8. The first-order chi connectivity index (χ1) is 9.56. The van der Waals surface area contributed by atoms with Gasteiger partial charge in [-0.05, 0) is 32.6 Å². The second-order valence-electron chi connectivity index (χ2n) is 5.07. The second-order valence-corrected chi connectivity index (χ2v) is 5.96. The number of amides is 2. The smallest absolute Gasteiger partial charge is 0.315 e. The molecule has 2 amide bonds. The summed E-state index contributed by atoms with van der Waals surface area (Å²) in [4.78, 5) is 16.2. The Balaban J connectivity index is 2.35. The van der Waals surface area contributed by atoms with Gasteiger partial charge in [-0.15, -0.1) is 11.3 Å². The zero-order chi connectivity index (χ0) is 15.0. The van der Waals surface area contributed by atoms with Crippen molar-refractivity contribution in [3.63, 3.8) is 0 Å². The van der Waals surface area contributed by atoms with Crippen molar-refractivity contribution in [2.75, 3.05) is 13.2 Å². The van der Waals surface area contributed by atoms with Crippen LogP contribution in [0, 0.1) is 12.8 Å². The largest absolute Gasteiger partial charge is 0.396 e. The van der Waals surface area contributed by atoms with Crippen molar-refractivity contribution in [2.45, 2.75) is 46.1 Å². The molecule has 3 N–H and O–H groups in total. The highest BCUT2D eigenvalue weighted by molar-refractivity contribution is 7.09. The first-order valence-corrected chi connectivity index (χ1v) is 8.02. The van der Waals surface area contributed by atoms with E-state index >= 15 is 0 Å². The third-order valence-electron chi connectivity index (χ3n) is 3.14. The highest BCUT2D eigenvalue weighted by Gasteiger charge is 2.14. The zero-order valence-corrected chi connectivity index (χ0v) is 13.3. The van der Waals surface area contributed by atoms with Gasteiger partial charge in [0.2, 0.25) is 0 Å². The molecule has 1 heterocycles. The number of aliphatic hydroxyl groups excluding tert-OH is 1. The van der Waals surface area contributed by atoms with Crippen molar-refractivity contribution >= 4 is 17.4 Å². The van der Waals surface area contributed by atoms with Crippen molar-refractivity contribution in [3.8, 4) is 0 Å². The van der Waals surface area contributed by atoms with Gasteiger partial charge in [0.1, 0.15) is 5.01 Å². The first kappa shape index (κ1) is 16.9. The first-order valence-electron chi connectivity index (χ1n) is 7.14. The van der Waals surface area contributed by atoms with Crippen LogP contribution >= 0.6 is 11.3 Å². The van der Waals surface area contributed by atoms with E-state index < -0.39 is 0 Å². The molecule has 1 rings (SSSR count). The molecule has 0 saturated carbocycles. The van der Waals surface area contributed by atoms with Gasteiger partial charge < -0.3 is 15.7 Å². The fourth-order valence-corrected chi connectivity index (χ4v) is 2.86. The fourth-order valence-electron chi connectivity index (χ4n) is 2.06. The molecule has 0 bridgehead atoms. The second kappa shape index (κ2) is 8.92. The molecule has 0 aliphatic heterocycles. The van der Waals surface area contributed by atoms with Gasteiger partial charge in [-0.3, -0.25) is 0 Å². The highest BCUT2D eigenvalue weighted by atomic mass is 32.1. The summed E-state index contributed by atoms with van der Waals surface area (Å²) in [5.74, 6) is 0.341. The van der Waals surface area contributed by atoms with Gasteiger partial charge in [0, 0.05) is 24.2 Å². The number of hydrogen-bond acceptors (Lipinski definition) is 4. The van der Waals surface area contributed by atoms with Gasteiger partial charge in [-0.25, -0.2) is 9.78 Å². The molecule has 0 saturated heterocycles. The van der Waals surface area contributed by atoms with Crippen LogP contribution < -0.4 is 10.6 Å². The Kier molecular flexibility index (Phi) is 7.54. The predicted octanol–water partition coefficient (Wildman–Crippen LogP) is 2.61. The average molecular weight is 299 g/mol. The Hall–Kier alpha value is -1.14. The van der Waals surface area contributed by atoms with Crippen LogP contribution in [-0.2, 0) is 0 Å². The summed E-state index contributed by atoms with van der Waals surface area (Å²) < 4.78 is 0. The Bertz CT molecular complexity index is 403. The van der Waals surface area contributed by atoms with Gasteiger partial charge in [-0.2, -0.15) is 0 Å². The quantitative estimate of drug-likeness (QED) is 0.691. The maximum Gasteiger partial charge on any atom is 0.315 e. The molecule has 20 heavy (non-hydrogen) atoms. The number of carbonyl (C=O) groups excluding carboxylic acids is 1. The van der Waals surface area contributed by atoms with Crippen molar-refractivity contribution < 1.29 is 9.90 Å².